The highest BCUT2D eigenvalue weighted by molar-refractivity contribution is 6.07. The van der Waals surface area contributed by atoms with Crippen LogP contribution in [0.2, 0.25) is 0 Å². The van der Waals surface area contributed by atoms with Crippen LogP contribution in [0.25, 0.3) is 0 Å². The van der Waals surface area contributed by atoms with E-state index >= 15 is 0 Å². The number of carbonyl (C=O) groups is 2. The third-order valence-corrected chi connectivity index (χ3v) is 4.62. The van der Waals surface area contributed by atoms with Gasteiger partial charge in [0.1, 0.15) is 5.41 Å². The molecule has 1 saturated heterocycles. The second-order valence-electron chi connectivity index (χ2n) is 5.75. The first kappa shape index (κ1) is 14.6. The van der Waals surface area contributed by atoms with E-state index < -0.39 is 11.1 Å². The summed E-state index contributed by atoms with van der Waals surface area (Å²) >= 11 is 0. The van der Waals surface area contributed by atoms with Crippen molar-refractivity contribution in [2.75, 3.05) is 13.7 Å². The summed E-state index contributed by atoms with van der Waals surface area (Å²) < 4.78 is 11.6. The Labute approximate surface area is 129 Å². The molecule has 0 spiro atoms. The van der Waals surface area contributed by atoms with Gasteiger partial charge in [-0.2, -0.15) is 0 Å². The number of benzene rings is 1. The number of amides is 1. The monoisotopic (exact) mass is 301 g/mol. The smallest absolute Gasteiger partial charge is 0.289 e. The van der Waals surface area contributed by atoms with Crippen molar-refractivity contribution in [3.63, 3.8) is 0 Å². The van der Waals surface area contributed by atoms with Gasteiger partial charge in [0.25, 0.3) is 5.95 Å². The molecule has 0 bridgehead atoms. The topological polar surface area (TPSA) is 55.8 Å². The quantitative estimate of drug-likeness (QED) is 0.800. The third-order valence-electron chi connectivity index (χ3n) is 4.62. The van der Waals surface area contributed by atoms with Crippen LogP contribution in [0.15, 0.2) is 41.9 Å². The lowest BCUT2D eigenvalue weighted by Crippen LogP contribution is -2.73. The Morgan fingerprint density at radius 1 is 1.32 bits per heavy atom. The van der Waals surface area contributed by atoms with Crippen LogP contribution in [0.4, 0.5) is 0 Å². The number of hydrogen-bond acceptors (Lipinski definition) is 4. The highest BCUT2D eigenvalue weighted by Gasteiger charge is 2.77. The summed E-state index contributed by atoms with van der Waals surface area (Å²) in [4.78, 5) is 26.3. The summed E-state index contributed by atoms with van der Waals surface area (Å²) in [7, 11) is 1.68. The molecule has 0 aliphatic carbocycles. The molecule has 116 valence electrons. The molecule has 1 aromatic carbocycles. The van der Waals surface area contributed by atoms with Crippen LogP contribution in [0.5, 0.6) is 0 Å². The predicted molar refractivity (Wildman–Crippen MR) is 79.4 cm³/mol. The summed E-state index contributed by atoms with van der Waals surface area (Å²) in [6.45, 7) is 5.38. The van der Waals surface area contributed by atoms with E-state index in [2.05, 4.69) is 0 Å². The molecule has 2 heterocycles. The van der Waals surface area contributed by atoms with Crippen molar-refractivity contribution < 1.29 is 19.1 Å². The van der Waals surface area contributed by atoms with Gasteiger partial charge in [0.15, 0.2) is 5.78 Å². The van der Waals surface area contributed by atoms with Gasteiger partial charge in [-0.05, 0) is 20.8 Å². The van der Waals surface area contributed by atoms with Gasteiger partial charge in [0.05, 0.1) is 12.2 Å². The molecule has 0 saturated carbocycles. The number of nitrogens with zero attached hydrogens (tertiary/aromatic N) is 1. The van der Waals surface area contributed by atoms with E-state index in [1.165, 1.54) is 11.8 Å². The van der Waals surface area contributed by atoms with Gasteiger partial charge < -0.3 is 14.4 Å². The normalized spacial score (nSPS) is 29.8. The van der Waals surface area contributed by atoms with E-state index in [1.54, 1.807) is 14.0 Å². The minimum atomic E-state index is -1.06. The first-order chi connectivity index (χ1) is 10.4. The van der Waals surface area contributed by atoms with Crippen molar-refractivity contribution in [1.82, 2.24) is 4.90 Å². The van der Waals surface area contributed by atoms with Gasteiger partial charge in [0.2, 0.25) is 11.6 Å². The molecule has 0 radical (unpaired) electrons. The number of hydrogen-bond donors (Lipinski definition) is 0. The minimum Gasteiger partial charge on any atom is -0.465 e. The van der Waals surface area contributed by atoms with Crippen LogP contribution < -0.4 is 0 Å². The molecule has 0 aromatic heterocycles. The van der Waals surface area contributed by atoms with Gasteiger partial charge in [-0.3, -0.25) is 9.59 Å². The zero-order chi connectivity index (χ0) is 16.1. The van der Waals surface area contributed by atoms with Crippen LogP contribution in [-0.4, -0.2) is 30.2 Å². The summed E-state index contributed by atoms with van der Waals surface area (Å²) in [6, 6.07) is 9.46. The van der Waals surface area contributed by atoms with Crippen molar-refractivity contribution >= 4 is 11.7 Å². The zero-order valence-corrected chi connectivity index (χ0v) is 13.2. The van der Waals surface area contributed by atoms with Crippen LogP contribution in [0.3, 0.4) is 0 Å². The Bertz CT molecular complexity index is 681. The van der Waals surface area contributed by atoms with E-state index in [4.69, 9.17) is 9.47 Å². The predicted octanol–water partition coefficient (Wildman–Crippen LogP) is 2.19. The number of ether oxygens (including phenoxy) is 2. The van der Waals surface area contributed by atoms with Crippen molar-refractivity contribution in [3.8, 4) is 0 Å². The maximum absolute atomic E-state index is 12.6. The summed E-state index contributed by atoms with van der Waals surface area (Å²) in [6.07, 6.45) is 0. The Morgan fingerprint density at radius 2 is 1.95 bits per heavy atom. The number of Topliss-reactive ketones (excluding diaryl/α,β-unsaturated/α-hetero) is 1. The van der Waals surface area contributed by atoms with E-state index in [0.717, 1.165) is 5.56 Å². The van der Waals surface area contributed by atoms with Crippen LogP contribution >= 0.6 is 0 Å². The molecule has 5 nitrogen and oxygen atoms in total. The summed E-state index contributed by atoms with van der Waals surface area (Å²) in [5.41, 5.74) is -0.926. The van der Waals surface area contributed by atoms with Crippen LogP contribution in [0.1, 0.15) is 26.3 Å². The molecule has 2 atom stereocenters. The molecular formula is C17H19NO4. The minimum absolute atomic E-state index is 0.142. The lowest BCUT2D eigenvalue weighted by atomic mass is 9.62. The molecule has 3 rings (SSSR count). The molecule has 0 unspecified atom stereocenters. The van der Waals surface area contributed by atoms with Crippen molar-refractivity contribution in [3.05, 3.63) is 47.4 Å². The Morgan fingerprint density at radius 3 is 2.50 bits per heavy atom. The number of ketones is 1. The van der Waals surface area contributed by atoms with E-state index in [9.17, 15) is 9.59 Å². The Kier molecular flexibility index (Phi) is 3.06. The zero-order valence-electron chi connectivity index (χ0n) is 13.2. The summed E-state index contributed by atoms with van der Waals surface area (Å²) in [5.74, 6) is -0.180. The van der Waals surface area contributed by atoms with Gasteiger partial charge >= 0.3 is 0 Å². The first-order valence-corrected chi connectivity index (χ1v) is 7.32. The van der Waals surface area contributed by atoms with Gasteiger partial charge in [-0.1, -0.05) is 30.3 Å². The number of fused-ring (bicyclic) bond motifs is 1. The Hall–Kier alpha value is -2.30. The van der Waals surface area contributed by atoms with Gasteiger partial charge in [0, 0.05) is 12.6 Å². The molecule has 1 amide bonds. The number of likely N-dealkylation sites (tertiary alicyclic amines) is 1. The van der Waals surface area contributed by atoms with Crippen molar-refractivity contribution in [2.24, 2.45) is 5.41 Å². The molecule has 1 fully saturated rings. The highest BCUT2D eigenvalue weighted by Crippen LogP contribution is 2.64. The average molecular weight is 301 g/mol. The molecule has 22 heavy (non-hydrogen) atoms. The van der Waals surface area contributed by atoms with E-state index in [-0.39, 0.29) is 17.6 Å². The summed E-state index contributed by atoms with van der Waals surface area (Å²) in [5, 5.41) is 0. The standard InChI is InChI=1S/C17H19NO4/c1-5-21-14-13(11(2)19)16(3)15(20)18(4)17(16,22-14)12-9-7-6-8-10-12/h6-10H,5H2,1-4H3/t16-,17-/m1/s1. The second kappa shape index (κ2) is 4.60. The largest absolute Gasteiger partial charge is 0.465 e. The fourth-order valence-corrected chi connectivity index (χ4v) is 3.68. The SMILES string of the molecule is CCOC1=C(C(C)=O)[C@]2(C)C(=O)N(C)[C@]2(c2ccccc2)O1. The van der Waals surface area contributed by atoms with E-state index in [1.807, 2.05) is 37.3 Å². The molecule has 0 N–H and O–H groups in total. The molecule has 5 heteroatoms. The maximum Gasteiger partial charge on any atom is 0.289 e. The van der Waals surface area contributed by atoms with Crippen molar-refractivity contribution in [1.29, 1.82) is 0 Å². The van der Waals surface area contributed by atoms with Gasteiger partial charge in [-0.15, -0.1) is 0 Å². The first-order valence-electron chi connectivity index (χ1n) is 7.32. The number of β-lactam (4-membered cyclic amide) rings is 1. The second-order valence-corrected chi connectivity index (χ2v) is 5.75. The number of rotatable bonds is 4. The molecule has 2 aliphatic heterocycles. The third kappa shape index (κ3) is 1.43. The molecule has 1 aromatic rings. The average Bonchev–Trinajstić information content (AvgIpc) is 2.75. The molecular weight excluding hydrogens is 282 g/mol. The molecule has 2 aliphatic rings. The fourth-order valence-electron chi connectivity index (χ4n) is 3.68. The Balaban J connectivity index is 2.21. The van der Waals surface area contributed by atoms with Gasteiger partial charge in [-0.25, -0.2) is 0 Å². The van der Waals surface area contributed by atoms with Crippen molar-refractivity contribution in [2.45, 2.75) is 26.5 Å². The fraction of sp³-hybridized carbons (Fsp3) is 0.412. The van der Waals surface area contributed by atoms with Crippen LogP contribution in [-0.2, 0) is 24.8 Å². The maximum atomic E-state index is 12.6. The number of carbonyl (C=O) groups excluding carboxylic acids is 2. The van der Waals surface area contributed by atoms with Crippen LogP contribution in [0, 0.1) is 5.41 Å². The lowest BCUT2D eigenvalue weighted by Gasteiger charge is -2.57. The lowest BCUT2D eigenvalue weighted by molar-refractivity contribution is -0.248. The highest BCUT2D eigenvalue weighted by atomic mass is 16.7. The van der Waals surface area contributed by atoms with E-state index in [0.29, 0.717) is 12.2 Å².